The average Bonchev–Trinajstić information content (AvgIpc) is 3.29. The topological polar surface area (TPSA) is 74.0 Å². The molecule has 0 fully saturated rings. The Kier molecular flexibility index (Phi) is 8.24. The summed E-state index contributed by atoms with van der Waals surface area (Å²) in [5.74, 6) is 3.36. The first-order chi connectivity index (χ1) is 17.6. The lowest BCUT2D eigenvalue weighted by Crippen LogP contribution is -2.32. The zero-order valence-electron chi connectivity index (χ0n) is 20.8. The largest absolute Gasteiger partial charge is 0.497 e. The van der Waals surface area contributed by atoms with Crippen LogP contribution in [0.1, 0.15) is 23.9 Å². The highest BCUT2D eigenvalue weighted by molar-refractivity contribution is 5.70. The zero-order chi connectivity index (χ0) is 25.3. The minimum Gasteiger partial charge on any atom is -0.497 e. The van der Waals surface area contributed by atoms with Crippen LogP contribution in [0.15, 0.2) is 83.3 Å². The number of methoxy groups -OCH3 is 1. The Labute approximate surface area is 211 Å². The second kappa shape index (κ2) is 11.9. The van der Waals surface area contributed by atoms with Crippen LogP contribution in [0.5, 0.6) is 17.2 Å². The summed E-state index contributed by atoms with van der Waals surface area (Å²) in [5, 5.41) is 0. The smallest absolute Gasteiger partial charge is 0.415 e. The summed E-state index contributed by atoms with van der Waals surface area (Å²) < 4.78 is 22.4. The van der Waals surface area contributed by atoms with E-state index in [0.29, 0.717) is 43.5 Å². The molecule has 0 aliphatic rings. The highest BCUT2D eigenvalue weighted by atomic mass is 16.6. The number of carbonyl (C=O) groups is 1. The van der Waals surface area contributed by atoms with E-state index >= 15 is 0 Å². The van der Waals surface area contributed by atoms with Crippen molar-refractivity contribution in [3.05, 3.63) is 95.9 Å². The molecule has 0 unspecified atom stereocenters. The number of rotatable bonds is 10. The monoisotopic (exact) mass is 486 g/mol. The molecule has 7 nitrogen and oxygen atoms in total. The zero-order valence-corrected chi connectivity index (χ0v) is 20.8. The number of oxazole rings is 1. The Morgan fingerprint density at radius 1 is 0.917 bits per heavy atom. The fourth-order valence-corrected chi connectivity index (χ4v) is 3.66. The maximum absolute atomic E-state index is 12.6. The van der Waals surface area contributed by atoms with Gasteiger partial charge in [0.25, 0.3) is 0 Å². The number of nitrogens with zero attached hydrogens (tertiary/aromatic N) is 2. The van der Waals surface area contributed by atoms with Crippen molar-refractivity contribution >= 4 is 6.09 Å². The van der Waals surface area contributed by atoms with Gasteiger partial charge in [-0.05, 0) is 67.9 Å². The maximum atomic E-state index is 12.6. The number of hydrogen-bond donors (Lipinski definition) is 0. The van der Waals surface area contributed by atoms with Crippen LogP contribution in [-0.2, 0) is 13.0 Å². The molecule has 7 heteroatoms. The molecule has 4 rings (SSSR count). The van der Waals surface area contributed by atoms with Crippen molar-refractivity contribution in [1.82, 2.24) is 9.88 Å². The molecule has 0 aliphatic heterocycles. The van der Waals surface area contributed by atoms with Crippen molar-refractivity contribution in [2.75, 3.05) is 20.3 Å². The fourth-order valence-electron chi connectivity index (χ4n) is 3.66. The molecule has 0 saturated heterocycles. The first kappa shape index (κ1) is 24.9. The minimum absolute atomic E-state index is 0.402. The van der Waals surface area contributed by atoms with Crippen molar-refractivity contribution in [1.29, 1.82) is 0 Å². The van der Waals surface area contributed by atoms with Gasteiger partial charge in [0.15, 0.2) is 0 Å². The van der Waals surface area contributed by atoms with Gasteiger partial charge < -0.3 is 23.5 Å². The van der Waals surface area contributed by atoms with E-state index in [1.54, 1.807) is 36.3 Å². The number of aryl methyl sites for hydroxylation is 1. The molecule has 36 heavy (non-hydrogen) atoms. The van der Waals surface area contributed by atoms with E-state index in [1.165, 1.54) is 0 Å². The van der Waals surface area contributed by atoms with Gasteiger partial charge in [0.05, 0.1) is 19.4 Å². The average molecular weight is 487 g/mol. The van der Waals surface area contributed by atoms with E-state index in [-0.39, 0.29) is 0 Å². The van der Waals surface area contributed by atoms with E-state index in [9.17, 15) is 4.79 Å². The fraction of sp³-hybridized carbons (Fsp3) is 0.241. The van der Waals surface area contributed by atoms with Gasteiger partial charge in [0, 0.05) is 25.1 Å². The van der Waals surface area contributed by atoms with Gasteiger partial charge in [-0.1, -0.05) is 30.3 Å². The van der Waals surface area contributed by atoms with E-state index in [0.717, 1.165) is 28.3 Å². The third-order valence-electron chi connectivity index (χ3n) is 5.72. The van der Waals surface area contributed by atoms with Gasteiger partial charge in [-0.25, -0.2) is 9.78 Å². The first-order valence-corrected chi connectivity index (χ1v) is 11.9. The highest BCUT2D eigenvalue weighted by Crippen LogP contribution is 2.22. The summed E-state index contributed by atoms with van der Waals surface area (Å²) in [5.41, 5.74) is 2.83. The normalized spacial score (nSPS) is 10.6. The summed E-state index contributed by atoms with van der Waals surface area (Å²) in [7, 11) is 1.59. The van der Waals surface area contributed by atoms with Crippen molar-refractivity contribution < 1.29 is 23.4 Å². The van der Waals surface area contributed by atoms with E-state index < -0.39 is 6.09 Å². The standard InChI is InChI=1S/C29H30N2O5/c1-4-31(29(32)36-26-16-14-24(33-3)15-17-26)20-22-10-12-25(13-11-22)34-19-18-27-21(2)35-28(30-27)23-8-6-5-7-9-23/h5-17H,4,18-20H2,1-3H3. The Hall–Kier alpha value is -4.26. The lowest BCUT2D eigenvalue weighted by atomic mass is 10.2. The minimum atomic E-state index is -0.402. The predicted octanol–water partition coefficient (Wildman–Crippen LogP) is 6.30. The lowest BCUT2D eigenvalue weighted by molar-refractivity contribution is 0.152. The summed E-state index contributed by atoms with van der Waals surface area (Å²) in [6, 6.07) is 24.5. The molecular weight excluding hydrogens is 456 g/mol. The molecule has 0 atom stereocenters. The van der Waals surface area contributed by atoms with Crippen LogP contribution >= 0.6 is 0 Å². The quantitative estimate of drug-likeness (QED) is 0.262. The number of hydrogen-bond acceptors (Lipinski definition) is 6. The van der Waals surface area contributed by atoms with Crippen LogP contribution in [0.2, 0.25) is 0 Å². The molecule has 0 radical (unpaired) electrons. The van der Waals surface area contributed by atoms with E-state index in [2.05, 4.69) is 4.98 Å². The summed E-state index contributed by atoms with van der Waals surface area (Å²) in [6.07, 6.45) is 0.242. The van der Waals surface area contributed by atoms with Crippen LogP contribution in [0.25, 0.3) is 11.5 Å². The molecule has 4 aromatic rings. The Bertz CT molecular complexity index is 1250. The SMILES string of the molecule is CCN(Cc1ccc(OCCc2nc(-c3ccccc3)oc2C)cc1)C(=O)Oc1ccc(OC)cc1. The van der Waals surface area contributed by atoms with Gasteiger partial charge >= 0.3 is 6.09 Å². The van der Waals surface area contributed by atoms with Crippen molar-refractivity contribution in [3.8, 4) is 28.7 Å². The van der Waals surface area contributed by atoms with Crippen LogP contribution < -0.4 is 14.2 Å². The summed E-state index contributed by atoms with van der Waals surface area (Å²) in [4.78, 5) is 18.9. The molecular formula is C29H30N2O5. The molecule has 1 amide bonds. The number of benzene rings is 3. The van der Waals surface area contributed by atoms with Gasteiger partial charge in [-0.3, -0.25) is 0 Å². The molecule has 1 heterocycles. The third kappa shape index (κ3) is 6.44. The van der Waals surface area contributed by atoms with Crippen molar-refractivity contribution in [3.63, 3.8) is 0 Å². The molecule has 3 aromatic carbocycles. The summed E-state index contributed by atoms with van der Waals surface area (Å²) in [6.45, 7) is 5.28. The van der Waals surface area contributed by atoms with E-state index in [4.69, 9.17) is 18.6 Å². The lowest BCUT2D eigenvalue weighted by Gasteiger charge is -2.20. The molecule has 0 aliphatic carbocycles. The summed E-state index contributed by atoms with van der Waals surface area (Å²) >= 11 is 0. The Morgan fingerprint density at radius 3 is 2.25 bits per heavy atom. The van der Waals surface area contributed by atoms with Crippen LogP contribution in [-0.4, -0.2) is 36.2 Å². The first-order valence-electron chi connectivity index (χ1n) is 11.9. The molecule has 0 spiro atoms. The molecule has 1 aromatic heterocycles. The third-order valence-corrected chi connectivity index (χ3v) is 5.72. The van der Waals surface area contributed by atoms with Gasteiger partial charge in [0.2, 0.25) is 5.89 Å². The maximum Gasteiger partial charge on any atom is 0.415 e. The molecule has 0 N–H and O–H groups in total. The number of ether oxygens (including phenoxy) is 3. The molecule has 186 valence electrons. The van der Waals surface area contributed by atoms with Crippen LogP contribution in [0, 0.1) is 6.92 Å². The Balaban J connectivity index is 1.27. The van der Waals surface area contributed by atoms with Crippen molar-refractivity contribution in [2.24, 2.45) is 0 Å². The van der Waals surface area contributed by atoms with Crippen LogP contribution in [0.3, 0.4) is 0 Å². The number of amides is 1. The molecule has 0 bridgehead atoms. The highest BCUT2D eigenvalue weighted by Gasteiger charge is 2.15. The predicted molar refractivity (Wildman–Crippen MR) is 137 cm³/mol. The second-order valence-electron chi connectivity index (χ2n) is 8.19. The van der Waals surface area contributed by atoms with Gasteiger partial charge in [0.1, 0.15) is 23.0 Å². The molecule has 0 saturated carbocycles. The number of aromatic nitrogens is 1. The second-order valence-corrected chi connectivity index (χ2v) is 8.19. The van der Waals surface area contributed by atoms with Gasteiger partial charge in [-0.15, -0.1) is 0 Å². The van der Waals surface area contributed by atoms with E-state index in [1.807, 2.05) is 68.4 Å². The Morgan fingerprint density at radius 2 is 1.58 bits per heavy atom. The van der Waals surface area contributed by atoms with Crippen molar-refractivity contribution in [2.45, 2.75) is 26.8 Å². The number of carbonyl (C=O) groups excluding carboxylic acids is 1. The van der Waals surface area contributed by atoms with Crippen LogP contribution in [0.4, 0.5) is 4.79 Å². The van der Waals surface area contributed by atoms with Gasteiger partial charge in [-0.2, -0.15) is 0 Å².